The lowest BCUT2D eigenvalue weighted by Gasteiger charge is -2.29. The second-order valence-electron chi connectivity index (χ2n) is 4.73. The van der Waals surface area contributed by atoms with Gasteiger partial charge in [0.2, 0.25) is 0 Å². The minimum Gasteiger partial charge on any atom is -0.356 e. The molecule has 1 aromatic rings. The number of nitrogens with zero attached hydrogens (tertiary/aromatic N) is 3. The second-order valence-corrected chi connectivity index (χ2v) is 4.73. The molecule has 0 saturated heterocycles. The molecule has 1 aliphatic carbocycles. The quantitative estimate of drug-likeness (QED) is 0.647. The van der Waals surface area contributed by atoms with Crippen molar-refractivity contribution in [2.24, 2.45) is 11.7 Å². The van der Waals surface area contributed by atoms with E-state index in [9.17, 15) is 10.1 Å². The molecule has 6 heteroatoms. The van der Waals surface area contributed by atoms with Crippen molar-refractivity contribution in [3.05, 3.63) is 28.4 Å². The molecule has 98 valence electrons. The fourth-order valence-electron chi connectivity index (χ4n) is 2.69. The minimum atomic E-state index is -0.395. The maximum atomic E-state index is 10.8. The molecular weight excluding hydrogens is 232 g/mol. The van der Waals surface area contributed by atoms with Crippen LogP contribution >= 0.6 is 0 Å². The van der Waals surface area contributed by atoms with Crippen LogP contribution in [0, 0.1) is 16.0 Å². The normalized spacial score (nSPS) is 23.0. The first-order valence-electron chi connectivity index (χ1n) is 6.17. The molecule has 0 aliphatic heterocycles. The third kappa shape index (κ3) is 2.43. The molecule has 2 N–H and O–H groups in total. The first-order chi connectivity index (χ1) is 8.63. The summed E-state index contributed by atoms with van der Waals surface area (Å²) in [6.07, 6.45) is 4.84. The van der Waals surface area contributed by atoms with Gasteiger partial charge in [-0.25, -0.2) is 4.98 Å². The van der Waals surface area contributed by atoms with E-state index in [1.165, 1.54) is 18.3 Å². The number of rotatable bonds is 4. The van der Waals surface area contributed by atoms with Crippen LogP contribution in [0.3, 0.4) is 0 Å². The number of anilines is 1. The second kappa shape index (κ2) is 5.30. The summed E-state index contributed by atoms with van der Waals surface area (Å²) in [5, 5.41) is 10.8. The van der Waals surface area contributed by atoms with E-state index in [-0.39, 0.29) is 5.69 Å². The molecule has 0 radical (unpaired) electrons. The van der Waals surface area contributed by atoms with Crippen LogP contribution in [-0.4, -0.2) is 29.5 Å². The number of nitrogens with two attached hydrogens (primary N) is 1. The van der Waals surface area contributed by atoms with Crippen molar-refractivity contribution in [3.63, 3.8) is 0 Å². The van der Waals surface area contributed by atoms with E-state index in [0.29, 0.717) is 24.3 Å². The van der Waals surface area contributed by atoms with Crippen molar-refractivity contribution in [2.75, 3.05) is 18.5 Å². The van der Waals surface area contributed by atoms with Gasteiger partial charge in [-0.1, -0.05) is 6.42 Å². The Bertz CT molecular complexity index is 438. The highest BCUT2D eigenvalue weighted by Gasteiger charge is 2.30. The van der Waals surface area contributed by atoms with Crippen LogP contribution in [0.15, 0.2) is 18.3 Å². The van der Waals surface area contributed by atoms with Crippen LogP contribution in [0.5, 0.6) is 0 Å². The molecule has 2 atom stereocenters. The maximum Gasteiger partial charge on any atom is 0.274 e. The van der Waals surface area contributed by atoms with Crippen molar-refractivity contribution in [2.45, 2.75) is 25.3 Å². The highest BCUT2D eigenvalue weighted by molar-refractivity contribution is 5.47. The standard InChI is InChI=1S/C12H18N4O2/c1-15(11-4-2-3-9(11)8-13)12-7-10(16(17)18)5-6-14-12/h5-7,9,11H,2-4,8,13H2,1H3. The molecule has 0 bridgehead atoms. The summed E-state index contributed by atoms with van der Waals surface area (Å²) >= 11 is 0. The molecule has 1 heterocycles. The van der Waals surface area contributed by atoms with E-state index in [2.05, 4.69) is 4.98 Å². The van der Waals surface area contributed by atoms with Gasteiger partial charge in [0.25, 0.3) is 5.69 Å². The van der Waals surface area contributed by atoms with Gasteiger partial charge < -0.3 is 10.6 Å². The highest BCUT2D eigenvalue weighted by Crippen LogP contribution is 2.31. The average molecular weight is 250 g/mol. The molecule has 0 amide bonds. The SMILES string of the molecule is CN(c1cc([N+](=O)[O-])ccn1)C1CCCC1CN. The minimum absolute atomic E-state index is 0.0779. The largest absolute Gasteiger partial charge is 0.356 e. The zero-order valence-corrected chi connectivity index (χ0v) is 10.5. The Hall–Kier alpha value is -1.69. The fraction of sp³-hybridized carbons (Fsp3) is 0.583. The van der Waals surface area contributed by atoms with Gasteiger partial charge >= 0.3 is 0 Å². The number of pyridine rings is 1. The molecule has 1 saturated carbocycles. The summed E-state index contributed by atoms with van der Waals surface area (Å²) < 4.78 is 0. The zero-order chi connectivity index (χ0) is 13.1. The lowest BCUT2D eigenvalue weighted by molar-refractivity contribution is -0.384. The van der Waals surface area contributed by atoms with Gasteiger partial charge in [-0.2, -0.15) is 0 Å². The molecule has 0 aromatic carbocycles. The lowest BCUT2D eigenvalue weighted by Crippen LogP contribution is -2.38. The average Bonchev–Trinajstić information content (AvgIpc) is 2.86. The monoisotopic (exact) mass is 250 g/mol. The molecule has 1 aromatic heterocycles. The zero-order valence-electron chi connectivity index (χ0n) is 10.5. The Kier molecular flexibility index (Phi) is 3.76. The number of hydrogen-bond acceptors (Lipinski definition) is 5. The summed E-state index contributed by atoms with van der Waals surface area (Å²) in [7, 11) is 1.94. The molecule has 6 nitrogen and oxygen atoms in total. The van der Waals surface area contributed by atoms with Gasteiger partial charge in [0, 0.05) is 25.4 Å². The van der Waals surface area contributed by atoms with Gasteiger partial charge in [-0.05, 0) is 25.3 Å². The van der Waals surface area contributed by atoms with Crippen LogP contribution in [0.1, 0.15) is 19.3 Å². The predicted octanol–water partition coefficient (Wildman–Crippen LogP) is 1.55. The predicted molar refractivity (Wildman–Crippen MR) is 69.5 cm³/mol. The van der Waals surface area contributed by atoms with Crippen molar-refractivity contribution in [1.29, 1.82) is 0 Å². The Morgan fingerprint density at radius 1 is 1.61 bits per heavy atom. The van der Waals surface area contributed by atoms with Crippen LogP contribution in [0.4, 0.5) is 11.5 Å². The third-order valence-electron chi connectivity index (χ3n) is 3.72. The van der Waals surface area contributed by atoms with E-state index in [4.69, 9.17) is 5.73 Å². The van der Waals surface area contributed by atoms with Crippen molar-refractivity contribution in [1.82, 2.24) is 4.98 Å². The molecule has 2 rings (SSSR count). The smallest absolute Gasteiger partial charge is 0.274 e. The van der Waals surface area contributed by atoms with Crippen LogP contribution in [-0.2, 0) is 0 Å². The number of aromatic nitrogens is 1. The van der Waals surface area contributed by atoms with Gasteiger partial charge in [0.05, 0.1) is 11.0 Å². The number of nitro groups is 1. The summed E-state index contributed by atoms with van der Waals surface area (Å²) in [5.74, 6) is 1.10. The van der Waals surface area contributed by atoms with Crippen molar-refractivity contribution >= 4 is 11.5 Å². The Morgan fingerprint density at radius 3 is 3.06 bits per heavy atom. The Labute approximate surface area is 106 Å². The fourth-order valence-corrected chi connectivity index (χ4v) is 2.69. The first kappa shape index (κ1) is 12.8. The third-order valence-corrected chi connectivity index (χ3v) is 3.72. The van der Waals surface area contributed by atoms with E-state index < -0.39 is 4.92 Å². The van der Waals surface area contributed by atoms with E-state index in [1.807, 2.05) is 11.9 Å². The molecule has 18 heavy (non-hydrogen) atoms. The maximum absolute atomic E-state index is 10.8. The van der Waals surface area contributed by atoms with Crippen LogP contribution < -0.4 is 10.6 Å². The Balaban J connectivity index is 2.20. The topological polar surface area (TPSA) is 85.3 Å². The van der Waals surface area contributed by atoms with Gasteiger partial charge in [-0.3, -0.25) is 10.1 Å². The highest BCUT2D eigenvalue weighted by atomic mass is 16.6. The summed E-state index contributed by atoms with van der Waals surface area (Å²) in [6, 6.07) is 3.27. The van der Waals surface area contributed by atoms with E-state index >= 15 is 0 Å². The lowest BCUT2D eigenvalue weighted by atomic mass is 10.0. The molecule has 1 aliphatic rings. The van der Waals surface area contributed by atoms with Crippen molar-refractivity contribution in [3.8, 4) is 0 Å². The molecule has 2 unspecified atom stereocenters. The first-order valence-corrected chi connectivity index (χ1v) is 6.17. The summed E-state index contributed by atoms with van der Waals surface area (Å²) in [5.41, 5.74) is 5.84. The molecule has 0 spiro atoms. The van der Waals surface area contributed by atoms with E-state index in [0.717, 1.165) is 19.3 Å². The van der Waals surface area contributed by atoms with Crippen LogP contribution in [0.2, 0.25) is 0 Å². The summed E-state index contributed by atoms with van der Waals surface area (Å²) in [4.78, 5) is 16.6. The van der Waals surface area contributed by atoms with Gasteiger partial charge in [0.1, 0.15) is 5.82 Å². The Morgan fingerprint density at radius 2 is 2.39 bits per heavy atom. The summed E-state index contributed by atoms with van der Waals surface area (Å²) in [6.45, 7) is 0.657. The molecular formula is C12H18N4O2. The number of hydrogen-bond donors (Lipinski definition) is 1. The van der Waals surface area contributed by atoms with Crippen LogP contribution in [0.25, 0.3) is 0 Å². The van der Waals surface area contributed by atoms with Gasteiger partial charge in [0.15, 0.2) is 0 Å². The molecule has 1 fully saturated rings. The van der Waals surface area contributed by atoms with Crippen molar-refractivity contribution < 1.29 is 4.92 Å². The van der Waals surface area contributed by atoms with Gasteiger partial charge in [-0.15, -0.1) is 0 Å². The van der Waals surface area contributed by atoms with E-state index in [1.54, 1.807) is 0 Å².